The predicted molar refractivity (Wildman–Crippen MR) is 99.0 cm³/mol. The summed E-state index contributed by atoms with van der Waals surface area (Å²) in [5, 5.41) is 11.2. The number of nitrogens with zero attached hydrogens (tertiary/aromatic N) is 3. The van der Waals surface area contributed by atoms with Crippen molar-refractivity contribution in [2.75, 3.05) is 13.2 Å². The van der Waals surface area contributed by atoms with Crippen LogP contribution in [0.4, 0.5) is 26.3 Å². The van der Waals surface area contributed by atoms with E-state index in [2.05, 4.69) is 25.0 Å². The highest BCUT2D eigenvalue weighted by Crippen LogP contribution is 2.38. The summed E-state index contributed by atoms with van der Waals surface area (Å²) in [6.07, 6.45) is -8.78. The van der Waals surface area contributed by atoms with Gasteiger partial charge in [-0.3, -0.25) is 14.3 Å². The second-order valence-electron chi connectivity index (χ2n) is 8.65. The van der Waals surface area contributed by atoms with Crippen molar-refractivity contribution in [1.29, 1.82) is 0 Å². The molecule has 4 rings (SSSR count). The van der Waals surface area contributed by atoms with E-state index >= 15 is 0 Å². The van der Waals surface area contributed by atoms with Crippen LogP contribution < -0.4 is 5.32 Å². The quantitative estimate of drug-likeness (QED) is 0.546. The number of carbonyl (C=O) groups is 1. The minimum Gasteiger partial charge on any atom is -0.370 e. The van der Waals surface area contributed by atoms with Gasteiger partial charge >= 0.3 is 12.7 Å². The van der Waals surface area contributed by atoms with Gasteiger partial charge in [-0.15, -0.1) is 26.3 Å². The molecule has 3 aliphatic rings. The second kappa shape index (κ2) is 9.95. The fourth-order valence-corrected chi connectivity index (χ4v) is 4.12. The van der Waals surface area contributed by atoms with E-state index < -0.39 is 36.9 Å². The van der Waals surface area contributed by atoms with Gasteiger partial charge in [-0.25, -0.2) is 0 Å². The van der Waals surface area contributed by atoms with Crippen LogP contribution in [0.2, 0.25) is 0 Å². The van der Waals surface area contributed by atoms with Gasteiger partial charge in [0, 0.05) is 12.8 Å². The lowest BCUT2D eigenvalue weighted by Gasteiger charge is -2.35. The first-order chi connectivity index (χ1) is 15.9. The summed E-state index contributed by atoms with van der Waals surface area (Å²) in [7, 11) is 0. The molecule has 2 saturated carbocycles. The Kier molecular flexibility index (Phi) is 7.36. The molecule has 2 atom stereocenters. The van der Waals surface area contributed by atoms with E-state index in [1.54, 1.807) is 0 Å². The van der Waals surface area contributed by atoms with Crippen LogP contribution in [0.3, 0.4) is 0 Å². The number of hydrogen-bond acceptors (Lipinski definition) is 7. The minimum absolute atomic E-state index is 0.0819. The molecule has 0 spiro atoms. The molecule has 1 saturated heterocycles. The van der Waals surface area contributed by atoms with Crippen molar-refractivity contribution in [2.24, 2.45) is 0 Å². The predicted octanol–water partition coefficient (Wildman–Crippen LogP) is 2.94. The summed E-state index contributed by atoms with van der Waals surface area (Å²) in [6.45, 7) is -0.0444. The van der Waals surface area contributed by atoms with Crippen LogP contribution in [0.5, 0.6) is 0 Å². The van der Waals surface area contributed by atoms with Crippen molar-refractivity contribution in [3.8, 4) is 0 Å². The molecule has 15 heteroatoms. The molecule has 1 aromatic heterocycles. The fourth-order valence-electron chi connectivity index (χ4n) is 4.12. The first-order valence-corrected chi connectivity index (χ1v) is 10.9. The molecule has 2 aliphatic carbocycles. The molecule has 2 heterocycles. The van der Waals surface area contributed by atoms with Crippen LogP contribution >= 0.6 is 0 Å². The number of halogens is 6. The van der Waals surface area contributed by atoms with Gasteiger partial charge in [-0.1, -0.05) is 0 Å². The van der Waals surface area contributed by atoms with Crippen LogP contribution in [-0.4, -0.2) is 71.2 Å². The van der Waals surface area contributed by atoms with Gasteiger partial charge in [0.15, 0.2) is 0 Å². The maximum atomic E-state index is 12.2. The number of nitrogens with one attached hydrogen (secondary N) is 1. The average molecular weight is 502 g/mol. The Morgan fingerprint density at radius 3 is 2.26 bits per heavy atom. The molecule has 1 N–H and O–H groups in total. The van der Waals surface area contributed by atoms with Gasteiger partial charge in [-0.05, 0) is 25.7 Å². The second-order valence-corrected chi connectivity index (χ2v) is 8.65. The highest BCUT2D eigenvalue weighted by atomic mass is 19.4. The molecule has 3 fully saturated rings. The first-order valence-electron chi connectivity index (χ1n) is 10.9. The zero-order valence-electron chi connectivity index (χ0n) is 17.8. The molecule has 192 valence electrons. The van der Waals surface area contributed by atoms with Crippen LogP contribution in [-0.2, 0) is 23.7 Å². The largest absolute Gasteiger partial charge is 0.522 e. The lowest BCUT2D eigenvalue weighted by Crippen LogP contribution is -2.45. The lowest BCUT2D eigenvalue weighted by molar-refractivity contribution is -0.357. The Labute approximate surface area is 190 Å². The van der Waals surface area contributed by atoms with Crippen molar-refractivity contribution in [2.45, 2.75) is 87.7 Å². The van der Waals surface area contributed by atoms with Gasteiger partial charge in [0.2, 0.25) is 5.91 Å². The monoisotopic (exact) mass is 502 g/mol. The van der Waals surface area contributed by atoms with Crippen LogP contribution in [0.25, 0.3) is 0 Å². The Balaban J connectivity index is 1.11. The maximum absolute atomic E-state index is 12.2. The summed E-state index contributed by atoms with van der Waals surface area (Å²) >= 11 is 0. The maximum Gasteiger partial charge on any atom is 0.522 e. The zero-order chi connectivity index (χ0) is 24.5. The molecule has 9 nitrogen and oxygen atoms in total. The van der Waals surface area contributed by atoms with E-state index in [-0.39, 0.29) is 57.1 Å². The van der Waals surface area contributed by atoms with E-state index in [4.69, 9.17) is 9.47 Å². The fraction of sp³-hybridized carbons (Fsp3) is 0.842. The molecule has 0 bridgehead atoms. The van der Waals surface area contributed by atoms with Gasteiger partial charge < -0.3 is 14.8 Å². The van der Waals surface area contributed by atoms with Crippen LogP contribution in [0.15, 0.2) is 6.20 Å². The third-order valence-corrected chi connectivity index (χ3v) is 6.00. The number of aromatic nitrogens is 3. The molecule has 34 heavy (non-hydrogen) atoms. The van der Waals surface area contributed by atoms with E-state index in [0.717, 1.165) is 0 Å². The number of rotatable bonds is 8. The number of carbonyl (C=O) groups excluding carboxylic acids is 1. The smallest absolute Gasteiger partial charge is 0.370 e. The third-order valence-electron chi connectivity index (χ3n) is 6.00. The van der Waals surface area contributed by atoms with Crippen molar-refractivity contribution >= 4 is 5.91 Å². The summed E-state index contributed by atoms with van der Waals surface area (Å²) in [5.74, 6) is -0.390. The number of hydrogen-bond donors (Lipinski definition) is 1. The van der Waals surface area contributed by atoms with Crippen LogP contribution in [0, 0.1) is 0 Å². The minimum atomic E-state index is -4.67. The summed E-state index contributed by atoms with van der Waals surface area (Å²) in [5.41, 5.74) is 0.564. The average Bonchev–Trinajstić information content (AvgIpc) is 3.14. The normalized spacial score (nSPS) is 32.1. The van der Waals surface area contributed by atoms with E-state index in [1.807, 2.05) is 0 Å². The Morgan fingerprint density at radius 2 is 1.68 bits per heavy atom. The zero-order valence-corrected chi connectivity index (χ0v) is 17.8. The van der Waals surface area contributed by atoms with Gasteiger partial charge in [0.05, 0.1) is 43.2 Å². The van der Waals surface area contributed by atoms with E-state index in [0.29, 0.717) is 18.5 Å². The first kappa shape index (κ1) is 25.1. The van der Waals surface area contributed by atoms with E-state index in [1.165, 1.54) is 11.0 Å². The Morgan fingerprint density at radius 1 is 1.03 bits per heavy atom. The molecule has 0 radical (unpaired) electrons. The third kappa shape index (κ3) is 7.02. The molecule has 0 aromatic carbocycles. The van der Waals surface area contributed by atoms with Gasteiger partial charge in [0.1, 0.15) is 18.4 Å². The highest BCUT2D eigenvalue weighted by molar-refractivity contribution is 5.77. The Hall–Kier alpha value is -1.97. The Bertz CT molecular complexity index is 830. The number of amides is 1. The lowest BCUT2D eigenvalue weighted by atomic mass is 9.90. The van der Waals surface area contributed by atoms with Crippen molar-refractivity contribution in [3.63, 3.8) is 0 Å². The van der Waals surface area contributed by atoms with E-state index in [9.17, 15) is 31.1 Å². The van der Waals surface area contributed by atoms with Crippen molar-refractivity contribution in [3.05, 3.63) is 11.9 Å². The highest BCUT2D eigenvalue weighted by Gasteiger charge is 2.42. The van der Waals surface area contributed by atoms with Crippen molar-refractivity contribution < 1.29 is 50.1 Å². The van der Waals surface area contributed by atoms with Gasteiger partial charge in [-0.2, -0.15) is 15.0 Å². The molecule has 1 aromatic rings. The van der Waals surface area contributed by atoms with Gasteiger partial charge in [0.25, 0.3) is 0 Å². The molecular weight excluding hydrogens is 478 g/mol. The van der Waals surface area contributed by atoms with Crippen LogP contribution in [0.1, 0.15) is 56.4 Å². The number of ether oxygens (including phenoxy) is 4. The SMILES string of the molecule is O=C(CO[C@H]1C[C@@H](OC(F)(F)F)C1)N[C@@H]1CC[C@@H](c2cnn([C@H]3C[C@@H](OC(F)(F)F)C3)n2)OC1. The number of alkyl halides is 6. The molecule has 0 unspecified atom stereocenters. The topological polar surface area (TPSA) is 96.7 Å². The summed E-state index contributed by atoms with van der Waals surface area (Å²) < 4.78 is 91.9. The summed E-state index contributed by atoms with van der Waals surface area (Å²) in [6, 6.07) is -0.514. The molecule has 1 aliphatic heterocycles. The van der Waals surface area contributed by atoms with Crippen molar-refractivity contribution in [1.82, 2.24) is 20.3 Å². The molecular formula is C19H24F6N4O5. The standard InChI is InChI=1S/C19H24F6N4O5/c20-18(21,22)33-13-3-11(4-13)29-26-7-15(28-29)16-2-1-10(8-32-16)27-17(30)9-31-12-5-14(6-12)34-19(23,24)25/h7,10-14,16H,1-6,8-9H2,(H,27,30)/t10-,11-,12-,13+,14+,16+/m1/s1. The molecule has 1 amide bonds. The summed E-state index contributed by atoms with van der Waals surface area (Å²) in [4.78, 5) is 13.4.